The highest BCUT2D eigenvalue weighted by molar-refractivity contribution is 8.04. The Kier molecular flexibility index (Phi) is 8.90. The molecule has 0 amide bonds. The number of carboxylic acids is 1. The molecule has 6 nitrogen and oxygen atoms in total. The molecule has 0 aromatic rings. The van der Waals surface area contributed by atoms with Crippen LogP contribution in [-0.4, -0.2) is 59.6 Å². The number of nitrogens with zero attached hydrogens (tertiary/aromatic N) is 1. The summed E-state index contributed by atoms with van der Waals surface area (Å²) < 4.78 is 22.7. The van der Waals surface area contributed by atoms with Gasteiger partial charge in [0.2, 0.25) is 0 Å². The molecule has 1 N–H and O–H groups in total. The third-order valence-electron chi connectivity index (χ3n) is 3.32. The van der Waals surface area contributed by atoms with E-state index in [2.05, 4.69) is 0 Å². The average molecular weight is 339 g/mol. The lowest BCUT2D eigenvalue weighted by Crippen LogP contribution is -2.45. The Bertz CT molecular complexity index is 358. The molecule has 0 spiro atoms. The second-order valence-electron chi connectivity index (χ2n) is 4.87. The lowest BCUT2D eigenvalue weighted by molar-refractivity contribution is -0.144. The third-order valence-corrected chi connectivity index (χ3v) is 7.09. The van der Waals surface area contributed by atoms with Crippen molar-refractivity contribution in [1.82, 2.24) is 4.90 Å². The van der Waals surface area contributed by atoms with Crippen molar-refractivity contribution in [3.8, 4) is 0 Å². The maximum Gasteiger partial charge on any atom is 0.340 e. The number of thioether (sulfide) groups is 1. The molecule has 0 saturated carbocycles. The van der Waals surface area contributed by atoms with Crippen LogP contribution in [-0.2, 0) is 18.4 Å². The van der Waals surface area contributed by atoms with E-state index in [1.54, 1.807) is 13.8 Å². The van der Waals surface area contributed by atoms with Crippen LogP contribution in [0, 0.1) is 0 Å². The number of piperidine rings is 1. The smallest absolute Gasteiger partial charge is 0.340 e. The third kappa shape index (κ3) is 6.70. The summed E-state index contributed by atoms with van der Waals surface area (Å²) in [5, 5.41) is 9.20. The van der Waals surface area contributed by atoms with Gasteiger partial charge in [-0.3, -0.25) is 14.3 Å². The predicted molar refractivity (Wildman–Crippen MR) is 85.0 cm³/mol. The van der Waals surface area contributed by atoms with Gasteiger partial charge in [0.15, 0.2) is 0 Å². The number of carbonyl (C=O) groups is 1. The van der Waals surface area contributed by atoms with Crippen LogP contribution in [0.4, 0.5) is 0 Å². The average Bonchev–Trinajstić information content (AvgIpc) is 2.44. The summed E-state index contributed by atoms with van der Waals surface area (Å²) in [4.78, 5) is 13.2. The molecule has 0 aliphatic carbocycles. The molecule has 1 aliphatic rings. The molecule has 1 rings (SSSR count). The molecule has 1 heterocycles. The van der Waals surface area contributed by atoms with Crippen LogP contribution in [0.5, 0.6) is 0 Å². The first-order valence-electron chi connectivity index (χ1n) is 7.45. The van der Waals surface area contributed by atoms with Crippen LogP contribution in [0.2, 0.25) is 0 Å². The van der Waals surface area contributed by atoms with Gasteiger partial charge in [-0.1, -0.05) is 6.42 Å². The Morgan fingerprint density at radius 2 is 2.00 bits per heavy atom. The number of carboxylic acid groups (broad SMARTS) is 1. The van der Waals surface area contributed by atoms with Crippen molar-refractivity contribution in [3.63, 3.8) is 0 Å². The summed E-state index contributed by atoms with van der Waals surface area (Å²) in [5.74, 6) is -0.0116. The molecule has 1 atom stereocenters. The van der Waals surface area contributed by atoms with Crippen LogP contribution >= 0.6 is 19.4 Å². The molecule has 21 heavy (non-hydrogen) atoms. The van der Waals surface area contributed by atoms with Gasteiger partial charge >= 0.3 is 13.6 Å². The van der Waals surface area contributed by atoms with Crippen molar-refractivity contribution >= 4 is 25.3 Å². The Balaban J connectivity index is 2.34. The van der Waals surface area contributed by atoms with Gasteiger partial charge in [0, 0.05) is 12.3 Å². The number of likely N-dealkylation sites (tertiary alicyclic amines) is 1. The zero-order valence-corrected chi connectivity index (χ0v) is 14.5. The van der Waals surface area contributed by atoms with Gasteiger partial charge in [0.1, 0.15) is 6.04 Å². The van der Waals surface area contributed by atoms with Crippen molar-refractivity contribution in [2.75, 3.05) is 37.6 Å². The maximum atomic E-state index is 12.3. The van der Waals surface area contributed by atoms with Gasteiger partial charge in [-0.2, -0.15) is 0 Å². The van der Waals surface area contributed by atoms with Crippen LogP contribution in [0.25, 0.3) is 0 Å². The van der Waals surface area contributed by atoms with E-state index < -0.39 is 13.6 Å². The van der Waals surface area contributed by atoms with Gasteiger partial charge in [-0.05, 0) is 33.2 Å². The van der Waals surface area contributed by atoms with E-state index in [9.17, 15) is 14.5 Å². The number of hydrogen-bond donors (Lipinski definition) is 1. The van der Waals surface area contributed by atoms with E-state index in [1.165, 1.54) is 11.8 Å². The molecular weight excluding hydrogens is 313 g/mol. The number of rotatable bonds is 10. The molecule has 8 heteroatoms. The SMILES string of the molecule is CCOP(=O)(CSCCN1CCCC[C@H]1C(=O)O)OCC. The fourth-order valence-corrected chi connectivity index (χ4v) is 5.63. The molecular formula is C13H26NO5PS. The zero-order chi connectivity index (χ0) is 15.7. The van der Waals surface area contributed by atoms with Crippen LogP contribution in [0.1, 0.15) is 33.1 Å². The molecule has 0 bridgehead atoms. The quantitative estimate of drug-likeness (QED) is 0.484. The van der Waals surface area contributed by atoms with Crippen molar-refractivity contribution < 1.29 is 23.5 Å². The van der Waals surface area contributed by atoms with Crippen LogP contribution < -0.4 is 0 Å². The number of hydrogen-bond acceptors (Lipinski definition) is 6. The normalized spacial score (nSPS) is 20.6. The maximum absolute atomic E-state index is 12.3. The second-order valence-corrected chi connectivity index (χ2v) is 8.46. The number of aliphatic carboxylic acids is 1. The predicted octanol–water partition coefficient (Wildman–Crippen LogP) is 2.88. The molecule has 1 fully saturated rings. The molecule has 124 valence electrons. The highest BCUT2D eigenvalue weighted by Gasteiger charge is 2.28. The summed E-state index contributed by atoms with van der Waals surface area (Å²) in [6.45, 7) is 5.84. The van der Waals surface area contributed by atoms with Crippen molar-refractivity contribution in [3.05, 3.63) is 0 Å². The molecule has 1 saturated heterocycles. The first-order chi connectivity index (χ1) is 10.0. The molecule has 0 aromatic heterocycles. The van der Waals surface area contributed by atoms with Crippen LogP contribution in [0.3, 0.4) is 0 Å². The topological polar surface area (TPSA) is 76.1 Å². The minimum Gasteiger partial charge on any atom is -0.480 e. The minimum absolute atomic E-state index is 0.320. The van der Waals surface area contributed by atoms with Crippen molar-refractivity contribution in [2.24, 2.45) is 0 Å². The Morgan fingerprint density at radius 3 is 2.57 bits per heavy atom. The van der Waals surface area contributed by atoms with E-state index in [0.717, 1.165) is 31.6 Å². The fourth-order valence-electron chi connectivity index (χ4n) is 2.40. The van der Waals surface area contributed by atoms with E-state index in [-0.39, 0.29) is 6.04 Å². The molecule has 0 unspecified atom stereocenters. The Hall–Kier alpha value is -0.0700. The lowest BCUT2D eigenvalue weighted by atomic mass is 10.0. The first-order valence-corrected chi connectivity index (χ1v) is 10.3. The minimum atomic E-state index is -3.00. The molecule has 0 aromatic carbocycles. The summed E-state index contributed by atoms with van der Waals surface area (Å²) in [6, 6.07) is -0.370. The van der Waals surface area contributed by atoms with Crippen LogP contribution in [0.15, 0.2) is 0 Å². The standard InChI is InChI=1S/C13H26NO5PS/c1-3-18-20(17,19-4-2)11-21-10-9-14-8-6-5-7-12(14)13(15)16/h12H,3-11H2,1-2H3,(H,15,16)/t12-/m0/s1. The van der Waals surface area contributed by atoms with E-state index in [1.807, 2.05) is 4.90 Å². The Labute approximate surface area is 131 Å². The van der Waals surface area contributed by atoms with E-state index in [4.69, 9.17) is 9.05 Å². The summed E-state index contributed by atoms with van der Waals surface area (Å²) in [7, 11) is -3.00. The first kappa shape index (κ1) is 19.0. The molecule has 1 aliphatic heterocycles. The fraction of sp³-hybridized carbons (Fsp3) is 0.923. The lowest BCUT2D eigenvalue weighted by Gasteiger charge is -2.32. The Morgan fingerprint density at radius 1 is 1.33 bits per heavy atom. The largest absolute Gasteiger partial charge is 0.480 e. The summed E-state index contributed by atoms with van der Waals surface area (Å²) in [6.07, 6.45) is 2.74. The van der Waals surface area contributed by atoms with Crippen molar-refractivity contribution in [2.45, 2.75) is 39.2 Å². The highest BCUT2D eigenvalue weighted by Crippen LogP contribution is 2.50. The summed E-state index contributed by atoms with van der Waals surface area (Å²) >= 11 is 1.50. The van der Waals surface area contributed by atoms with Gasteiger partial charge in [0.25, 0.3) is 0 Å². The monoisotopic (exact) mass is 339 g/mol. The van der Waals surface area contributed by atoms with E-state index >= 15 is 0 Å². The highest BCUT2D eigenvalue weighted by atomic mass is 32.2. The molecule has 0 radical (unpaired) electrons. The van der Waals surface area contributed by atoms with Gasteiger partial charge < -0.3 is 14.2 Å². The van der Waals surface area contributed by atoms with Crippen molar-refractivity contribution in [1.29, 1.82) is 0 Å². The van der Waals surface area contributed by atoms with Gasteiger partial charge in [-0.15, -0.1) is 11.8 Å². The second kappa shape index (κ2) is 9.85. The zero-order valence-electron chi connectivity index (χ0n) is 12.8. The van der Waals surface area contributed by atoms with E-state index in [0.29, 0.717) is 25.3 Å². The van der Waals surface area contributed by atoms with Gasteiger partial charge in [0.05, 0.1) is 18.7 Å². The summed E-state index contributed by atoms with van der Waals surface area (Å²) in [5.41, 5.74) is 0.320. The van der Waals surface area contributed by atoms with Gasteiger partial charge in [-0.25, -0.2) is 0 Å².